The van der Waals surface area contributed by atoms with Gasteiger partial charge in [0.25, 0.3) is 11.8 Å². The third-order valence-electron chi connectivity index (χ3n) is 9.49. The van der Waals surface area contributed by atoms with Gasteiger partial charge in [-0.25, -0.2) is 9.97 Å². The molecule has 0 radical (unpaired) electrons. The second-order valence-electron chi connectivity index (χ2n) is 15.4. The summed E-state index contributed by atoms with van der Waals surface area (Å²) in [6.45, 7) is 17.0. The van der Waals surface area contributed by atoms with Gasteiger partial charge >= 0.3 is 14.2 Å². The van der Waals surface area contributed by atoms with Crippen LogP contribution in [0.2, 0.25) is 11.6 Å². The van der Waals surface area contributed by atoms with Crippen LogP contribution in [-0.2, 0) is 31.7 Å². The van der Waals surface area contributed by atoms with Gasteiger partial charge in [0.05, 0.1) is 24.5 Å². The normalized spacial score (nSPS) is 12.6. The van der Waals surface area contributed by atoms with Crippen LogP contribution >= 0.6 is 0 Å². The first-order valence-electron chi connectivity index (χ1n) is 21.7. The molecule has 0 spiro atoms. The molecule has 2 heterocycles. The van der Waals surface area contributed by atoms with Crippen molar-refractivity contribution in [2.45, 2.75) is 118 Å². The molecule has 334 valence electrons. The lowest BCUT2D eigenvalue weighted by Gasteiger charge is -2.26. The summed E-state index contributed by atoms with van der Waals surface area (Å²) in [7, 11) is -2.04. The fourth-order valence-corrected chi connectivity index (χ4v) is 6.75. The van der Waals surface area contributed by atoms with Crippen molar-refractivity contribution in [3.8, 4) is 0 Å². The van der Waals surface area contributed by atoms with E-state index in [4.69, 9.17) is 9.31 Å². The van der Waals surface area contributed by atoms with Crippen molar-refractivity contribution < 1.29 is 38.5 Å². The summed E-state index contributed by atoms with van der Waals surface area (Å²) in [6, 6.07) is 17.5. The minimum absolute atomic E-state index is 0.0336. The van der Waals surface area contributed by atoms with Gasteiger partial charge in [-0.3, -0.25) is 29.1 Å². The summed E-state index contributed by atoms with van der Waals surface area (Å²) in [5, 5.41) is 24.9. The average Bonchev–Trinajstić information content (AvgIpc) is 3.27. The van der Waals surface area contributed by atoms with Gasteiger partial charge in [0, 0.05) is 62.5 Å². The molecule has 4 atom stereocenters. The highest BCUT2D eigenvalue weighted by Gasteiger charge is 2.35. The SMILES string of the molecule is CC.CC(C)C[C@H](CC(=O)[C@H](Cc1ccccc1)NC(=O)c1cnccn1)B(O)O.CCOB(OCC)[C@@H](CC(=O)[C@H](Cc1ccccc1)NC(=O)c1cnccn1)CC(C)C. The van der Waals surface area contributed by atoms with E-state index in [1.54, 1.807) is 0 Å². The Morgan fingerprint density at radius 2 is 1.00 bits per heavy atom. The standard InChI is InChI=1S/C24H34BN3O4.C20H26BN3O4.C2H6/c1-5-31-25(32-6-2)20(14-18(3)4)16-23(29)21(15-19-10-8-7-9-11-19)28-24(30)22-17-26-12-13-27-22;1-14(2)10-16(21(27)28)12-19(25)17(11-15-6-4-3-5-7-15)24-20(26)18-13-22-8-9-23-18;1-2/h7-13,17-18,20-21H,5-6,14-16H2,1-4H3,(H,28,30);3-9,13-14,16-17,27-28H,10-12H2,1-2H3,(H,24,26);1-2H3/t20-,21+;16-,17+;/m11./s1. The molecule has 0 unspecified atom stereocenters. The largest absolute Gasteiger partial charge is 0.460 e. The Morgan fingerprint density at radius 1 is 0.613 bits per heavy atom. The van der Waals surface area contributed by atoms with Crippen molar-refractivity contribution in [1.29, 1.82) is 0 Å². The maximum Gasteiger partial charge on any atom is 0.460 e. The van der Waals surface area contributed by atoms with Gasteiger partial charge in [-0.05, 0) is 62.5 Å². The number of rotatable bonds is 24. The van der Waals surface area contributed by atoms with E-state index in [0.717, 1.165) is 17.5 Å². The molecule has 4 N–H and O–H groups in total. The topological polar surface area (TPSA) is 203 Å². The number of hydrogen-bond acceptors (Lipinski definition) is 12. The molecular weight excluding hydrogens is 786 g/mol. The maximum absolute atomic E-state index is 13.5. The monoisotopic (exact) mass is 853 g/mol. The molecule has 0 aliphatic rings. The van der Waals surface area contributed by atoms with Crippen LogP contribution in [0.3, 0.4) is 0 Å². The van der Waals surface area contributed by atoms with E-state index in [0.29, 0.717) is 38.4 Å². The number of Topliss-reactive ketones (excluding diaryl/α,β-unsaturated/α-hetero) is 2. The van der Waals surface area contributed by atoms with Gasteiger partial charge in [-0.15, -0.1) is 0 Å². The number of ketones is 2. The highest BCUT2D eigenvalue weighted by atomic mass is 16.6. The molecule has 4 rings (SSSR count). The quantitative estimate of drug-likeness (QED) is 0.0563. The average molecular weight is 853 g/mol. The number of carbonyl (C=O) groups is 4. The zero-order chi connectivity index (χ0) is 45.9. The van der Waals surface area contributed by atoms with E-state index in [-0.39, 0.29) is 47.5 Å². The predicted molar refractivity (Wildman–Crippen MR) is 243 cm³/mol. The summed E-state index contributed by atoms with van der Waals surface area (Å²) in [6.07, 6.45) is 10.8. The van der Waals surface area contributed by atoms with Crippen molar-refractivity contribution in [2.75, 3.05) is 13.2 Å². The van der Waals surface area contributed by atoms with Crippen molar-refractivity contribution in [2.24, 2.45) is 11.8 Å². The van der Waals surface area contributed by atoms with E-state index in [2.05, 4.69) is 44.4 Å². The van der Waals surface area contributed by atoms with Crippen molar-refractivity contribution in [1.82, 2.24) is 30.6 Å². The maximum atomic E-state index is 13.5. The fraction of sp³-hybridized carbons (Fsp3) is 0.478. The smallest absolute Gasteiger partial charge is 0.427 e. The minimum Gasteiger partial charge on any atom is -0.427 e. The summed E-state index contributed by atoms with van der Waals surface area (Å²) in [5.74, 6) is -1.32. The number of carbonyl (C=O) groups excluding carboxylic acids is 4. The number of amides is 2. The van der Waals surface area contributed by atoms with Crippen molar-refractivity contribution in [3.05, 3.63) is 120 Å². The zero-order valence-corrected chi connectivity index (χ0v) is 37.6. The van der Waals surface area contributed by atoms with Crippen LogP contribution in [0.1, 0.15) is 113 Å². The van der Waals surface area contributed by atoms with Crippen LogP contribution in [-0.4, -0.2) is 92.9 Å². The number of nitrogens with one attached hydrogen (secondary N) is 2. The van der Waals surface area contributed by atoms with E-state index >= 15 is 0 Å². The fourth-order valence-electron chi connectivity index (χ4n) is 6.75. The Hall–Kier alpha value is -5.15. The molecule has 0 fully saturated rings. The van der Waals surface area contributed by atoms with Crippen LogP contribution in [0.5, 0.6) is 0 Å². The van der Waals surface area contributed by atoms with E-state index < -0.39 is 44.0 Å². The first-order chi connectivity index (χ1) is 29.8. The second-order valence-corrected chi connectivity index (χ2v) is 15.4. The Labute approximate surface area is 368 Å². The van der Waals surface area contributed by atoms with Crippen LogP contribution in [0, 0.1) is 11.8 Å². The Bertz CT molecular complexity index is 1840. The summed E-state index contributed by atoms with van der Waals surface area (Å²) in [5.41, 5.74) is 2.16. The molecule has 0 bridgehead atoms. The summed E-state index contributed by atoms with van der Waals surface area (Å²) >= 11 is 0. The molecule has 16 heteroatoms. The molecule has 0 saturated heterocycles. The number of benzene rings is 2. The number of hydrogen-bond donors (Lipinski definition) is 4. The van der Waals surface area contributed by atoms with Crippen LogP contribution in [0.15, 0.2) is 97.8 Å². The molecule has 2 aromatic carbocycles. The molecule has 4 aromatic rings. The molecule has 0 saturated carbocycles. The molecular formula is C46H66B2N6O8. The summed E-state index contributed by atoms with van der Waals surface area (Å²) in [4.78, 5) is 67.4. The highest BCUT2D eigenvalue weighted by Crippen LogP contribution is 2.28. The number of nitrogens with zero attached hydrogens (tertiary/aromatic N) is 4. The van der Waals surface area contributed by atoms with Crippen molar-refractivity contribution >= 4 is 37.6 Å². The number of aromatic nitrogens is 4. The van der Waals surface area contributed by atoms with Crippen LogP contribution < -0.4 is 10.6 Å². The minimum atomic E-state index is -1.58. The molecule has 0 aliphatic carbocycles. The Kier molecular flexibility index (Phi) is 25.6. The molecule has 62 heavy (non-hydrogen) atoms. The Balaban J connectivity index is 0.000000414. The molecule has 0 aliphatic heterocycles. The lowest BCUT2D eigenvalue weighted by atomic mass is 9.65. The summed E-state index contributed by atoms with van der Waals surface area (Å²) < 4.78 is 11.6. The van der Waals surface area contributed by atoms with E-state index in [9.17, 15) is 29.2 Å². The highest BCUT2D eigenvalue weighted by molar-refractivity contribution is 6.47. The van der Waals surface area contributed by atoms with Crippen LogP contribution in [0.4, 0.5) is 0 Å². The van der Waals surface area contributed by atoms with Gasteiger partial charge in [0.2, 0.25) is 0 Å². The van der Waals surface area contributed by atoms with Gasteiger partial charge in [0.1, 0.15) is 11.4 Å². The van der Waals surface area contributed by atoms with Crippen LogP contribution in [0.25, 0.3) is 0 Å². The van der Waals surface area contributed by atoms with Crippen molar-refractivity contribution in [3.63, 3.8) is 0 Å². The van der Waals surface area contributed by atoms with Gasteiger partial charge in [0.15, 0.2) is 11.6 Å². The predicted octanol–water partition coefficient (Wildman–Crippen LogP) is 6.45. The molecule has 2 aromatic heterocycles. The first-order valence-corrected chi connectivity index (χ1v) is 21.7. The molecule has 14 nitrogen and oxygen atoms in total. The third kappa shape index (κ3) is 20.1. The van der Waals surface area contributed by atoms with E-state index in [1.165, 1.54) is 37.2 Å². The van der Waals surface area contributed by atoms with Gasteiger partial charge < -0.3 is 30.0 Å². The van der Waals surface area contributed by atoms with Gasteiger partial charge in [-0.1, -0.05) is 102 Å². The van der Waals surface area contributed by atoms with Gasteiger partial charge in [-0.2, -0.15) is 0 Å². The third-order valence-corrected chi connectivity index (χ3v) is 9.49. The van der Waals surface area contributed by atoms with E-state index in [1.807, 2.05) is 102 Å². The lowest BCUT2D eigenvalue weighted by Crippen LogP contribution is -2.44. The second kappa shape index (κ2) is 30.0. The first kappa shape index (κ1) is 53.0. The Morgan fingerprint density at radius 3 is 1.34 bits per heavy atom. The lowest BCUT2D eigenvalue weighted by molar-refractivity contribution is -0.121. The molecule has 2 amide bonds. The zero-order valence-electron chi connectivity index (χ0n) is 37.6.